The van der Waals surface area contributed by atoms with E-state index in [1.807, 2.05) is 12.1 Å². The van der Waals surface area contributed by atoms with E-state index in [-0.39, 0.29) is 0 Å². The quantitative estimate of drug-likeness (QED) is 0.893. The molecule has 1 heterocycles. The third kappa shape index (κ3) is 2.30. The van der Waals surface area contributed by atoms with Gasteiger partial charge in [-0.25, -0.2) is 0 Å². The van der Waals surface area contributed by atoms with Crippen LogP contribution in [0, 0.1) is 0 Å². The Hall–Kier alpha value is -1.51. The van der Waals surface area contributed by atoms with E-state index in [2.05, 4.69) is 42.2 Å². The van der Waals surface area contributed by atoms with Crippen LogP contribution in [0.5, 0.6) is 0 Å². The van der Waals surface area contributed by atoms with Crippen LogP contribution in [-0.4, -0.2) is 6.04 Å². The first-order valence-electron chi connectivity index (χ1n) is 7.06. The van der Waals surface area contributed by atoms with Crippen molar-refractivity contribution in [3.05, 3.63) is 58.6 Å². The Morgan fingerprint density at radius 3 is 2.80 bits per heavy atom. The molecule has 1 atom stereocenters. The smallest absolute Gasteiger partial charge is 0.0459 e. The molecule has 1 aliphatic heterocycles. The van der Waals surface area contributed by atoms with Crippen molar-refractivity contribution >= 4 is 23.0 Å². The first kappa shape index (κ1) is 13.5. The number of nitrogens with zero attached hydrogens (tertiary/aromatic N) is 1. The summed E-state index contributed by atoms with van der Waals surface area (Å²) < 4.78 is 0. The number of benzene rings is 2. The van der Waals surface area contributed by atoms with Gasteiger partial charge in [-0.2, -0.15) is 0 Å². The van der Waals surface area contributed by atoms with Crippen molar-refractivity contribution in [2.75, 3.05) is 4.90 Å². The third-order valence-electron chi connectivity index (χ3n) is 4.04. The predicted octanol–water partition coefficient (Wildman–Crippen LogP) is 4.27. The molecule has 104 valence electrons. The van der Waals surface area contributed by atoms with Crippen molar-refractivity contribution in [2.45, 2.75) is 32.4 Å². The topological polar surface area (TPSA) is 29.3 Å². The molecule has 0 fully saturated rings. The molecule has 3 heteroatoms. The van der Waals surface area contributed by atoms with Crippen molar-refractivity contribution in [1.82, 2.24) is 0 Å². The molecule has 2 N–H and O–H groups in total. The van der Waals surface area contributed by atoms with Crippen LogP contribution < -0.4 is 10.6 Å². The Morgan fingerprint density at radius 1 is 1.20 bits per heavy atom. The maximum atomic E-state index is 6.10. The van der Waals surface area contributed by atoms with Gasteiger partial charge in [0.2, 0.25) is 0 Å². The monoisotopic (exact) mass is 286 g/mol. The van der Waals surface area contributed by atoms with Crippen LogP contribution in [0.25, 0.3) is 0 Å². The molecule has 0 amide bonds. The second-order valence-corrected chi connectivity index (χ2v) is 5.80. The highest BCUT2D eigenvalue weighted by Crippen LogP contribution is 2.38. The highest BCUT2D eigenvalue weighted by atomic mass is 35.5. The van der Waals surface area contributed by atoms with Gasteiger partial charge in [0.05, 0.1) is 0 Å². The van der Waals surface area contributed by atoms with Gasteiger partial charge >= 0.3 is 0 Å². The number of nitrogens with two attached hydrogens (primary N) is 1. The Bertz CT molecular complexity index is 624. The van der Waals surface area contributed by atoms with Gasteiger partial charge in [0, 0.05) is 29.0 Å². The number of aryl methyl sites for hydroxylation is 1. The van der Waals surface area contributed by atoms with Crippen molar-refractivity contribution in [2.24, 2.45) is 5.73 Å². The molecule has 0 aromatic heterocycles. The zero-order chi connectivity index (χ0) is 14.1. The summed E-state index contributed by atoms with van der Waals surface area (Å²) in [5, 5.41) is 0.743. The number of hydrogen-bond donors (Lipinski definition) is 1. The lowest BCUT2D eigenvalue weighted by molar-refractivity contribution is 0.616. The molecule has 3 rings (SSSR count). The summed E-state index contributed by atoms with van der Waals surface area (Å²) in [5.41, 5.74) is 10.9. The zero-order valence-corrected chi connectivity index (χ0v) is 12.4. The van der Waals surface area contributed by atoms with Gasteiger partial charge in [-0.05, 0) is 55.2 Å². The fourth-order valence-corrected chi connectivity index (χ4v) is 3.20. The predicted molar refractivity (Wildman–Crippen MR) is 85.7 cm³/mol. The fraction of sp³-hybridized carbons (Fsp3) is 0.294. The maximum Gasteiger partial charge on any atom is 0.0459 e. The summed E-state index contributed by atoms with van der Waals surface area (Å²) in [5.74, 6) is 0. The van der Waals surface area contributed by atoms with Crippen LogP contribution in [0.3, 0.4) is 0 Å². The van der Waals surface area contributed by atoms with E-state index in [1.165, 1.54) is 16.9 Å². The van der Waals surface area contributed by atoms with Crippen LogP contribution in [0.2, 0.25) is 5.02 Å². The van der Waals surface area contributed by atoms with Gasteiger partial charge in [0.25, 0.3) is 0 Å². The van der Waals surface area contributed by atoms with Crippen molar-refractivity contribution < 1.29 is 0 Å². The van der Waals surface area contributed by atoms with E-state index in [1.54, 1.807) is 0 Å². The molecule has 1 aliphatic rings. The van der Waals surface area contributed by atoms with E-state index >= 15 is 0 Å². The highest BCUT2D eigenvalue weighted by molar-refractivity contribution is 6.30. The third-order valence-corrected chi connectivity index (χ3v) is 4.28. The first-order chi connectivity index (χ1) is 9.70. The lowest BCUT2D eigenvalue weighted by Crippen LogP contribution is -2.34. The number of hydrogen-bond acceptors (Lipinski definition) is 2. The molecule has 0 aliphatic carbocycles. The van der Waals surface area contributed by atoms with Crippen LogP contribution in [0.4, 0.5) is 11.4 Å². The summed E-state index contributed by atoms with van der Waals surface area (Å²) in [4.78, 5) is 2.40. The molecule has 2 nitrogen and oxygen atoms in total. The molecular formula is C17H19ClN2. The molecule has 2 aromatic rings. The van der Waals surface area contributed by atoms with E-state index in [0.29, 0.717) is 12.6 Å². The second kappa shape index (κ2) is 5.47. The Balaban J connectivity index is 2.14. The van der Waals surface area contributed by atoms with Gasteiger partial charge in [-0.15, -0.1) is 0 Å². The molecule has 0 bridgehead atoms. The van der Waals surface area contributed by atoms with E-state index in [9.17, 15) is 0 Å². The number of anilines is 2. The number of fused-ring (bicyclic) bond motifs is 1. The summed E-state index contributed by atoms with van der Waals surface area (Å²) in [6.45, 7) is 2.77. The average Bonchev–Trinajstić information content (AvgIpc) is 2.48. The van der Waals surface area contributed by atoms with Gasteiger partial charge in [-0.1, -0.05) is 29.8 Å². The molecule has 0 saturated heterocycles. The Labute approximate surface area is 125 Å². The molecule has 1 unspecified atom stereocenters. The lowest BCUT2D eigenvalue weighted by atomic mass is 9.95. The SMILES string of the molecule is CC1CCc2ccccc2N1c1ccc(Cl)cc1CN. The molecule has 2 aromatic carbocycles. The fourth-order valence-electron chi connectivity index (χ4n) is 3.01. The van der Waals surface area contributed by atoms with Crippen LogP contribution in [0.15, 0.2) is 42.5 Å². The number of para-hydroxylation sites is 1. The molecule has 0 saturated carbocycles. The molecule has 0 spiro atoms. The minimum Gasteiger partial charge on any atom is -0.338 e. The van der Waals surface area contributed by atoms with Gasteiger partial charge in [-0.3, -0.25) is 0 Å². The molecule has 0 radical (unpaired) electrons. The summed E-state index contributed by atoms with van der Waals surface area (Å²) in [7, 11) is 0. The van der Waals surface area contributed by atoms with Gasteiger partial charge in [0.15, 0.2) is 0 Å². The van der Waals surface area contributed by atoms with Crippen LogP contribution in [-0.2, 0) is 13.0 Å². The van der Waals surface area contributed by atoms with Crippen molar-refractivity contribution in [3.8, 4) is 0 Å². The number of rotatable bonds is 2. The summed E-state index contributed by atoms with van der Waals surface area (Å²) in [6.07, 6.45) is 2.29. The number of halogens is 1. The summed E-state index contributed by atoms with van der Waals surface area (Å²) >= 11 is 6.10. The summed E-state index contributed by atoms with van der Waals surface area (Å²) in [6, 6.07) is 15.1. The largest absolute Gasteiger partial charge is 0.338 e. The van der Waals surface area contributed by atoms with Crippen LogP contribution in [0.1, 0.15) is 24.5 Å². The van der Waals surface area contributed by atoms with E-state index in [0.717, 1.165) is 23.4 Å². The zero-order valence-electron chi connectivity index (χ0n) is 11.6. The van der Waals surface area contributed by atoms with Gasteiger partial charge < -0.3 is 10.6 Å². The standard InChI is InChI=1S/C17H19ClN2/c1-12-6-7-13-4-2-3-5-16(13)20(12)17-9-8-15(18)10-14(17)11-19/h2-5,8-10,12H,6-7,11,19H2,1H3. The lowest BCUT2D eigenvalue weighted by Gasteiger charge is -2.38. The minimum atomic E-state index is 0.469. The first-order valence-corrected chi connectivity index (χ1v) is 7.44. The average molecular weight is 287 g/mol. The minimum absolute atomic E-state index is 0.469. The Morgan fingerprint density at radius 2 is 2.00 bits per heavy atom. The van der Waals surface area contributed by atoms with Gasteiger partial charge in [0.1, 0.15) is 0 Å². The van der Waals surface area contributed by atoms with Crippen LogP contribution >= 0.6 is 11.6 Å². The normalized spacial score (nSPS) is 17.9. The van der Waals surface area contributed by atoms with E-state index < -0.39 is 0 Å². The second-order valence-electron chi connectivity index (χ2n) is 5.36. The molecular weight excluding hydrogens is 268 g/mol. The van der Waals surface area contributed by atoms with E-state index in [4.69, 9.17) is 17.3 Å². The molecule has 20 heavy (non-hydrogen) atoms. The maximum absolute atomic E-state index is 6.10. The highest BCUT2D eigenvalue weighted by Gasteiger charge is 2.25. The van der Waals surface area contributed by atoms with Crippen molar-refractivity contribution in [1.29, 1.82) is 0 Å². The van der Waals surface area contributed by atoms with Crippen molar-refractivity contribution in [3.63, 3.8) is 0 Å². The Kier molecular flexibility index (Phi) is 3.68.